The van der Waals surface area contributed by atoms with Crippen molar-refractivity contribution >= 4 is 29.2 Å². The van der Waals surface area contributed by atoms with Crippen molar-refractivity contribution in [1.82, 2.24) is 4.98 Å². The molecule has 19 heavy (non-hydrogen) atoms. The summed E-state index contributed by atoms with van der Waals surface area (Å²) in [5.74, 6) is -0.152. The molecule has 0 aliphatic carbocycles. The van der Waals surface area contributed by atoms with E-state index in [9.17, 15) is 4.79 Å². The summed E-state index contributed by atoms with van der Waals surface area (Å²) in [6, 6.07) is 5.23. The highest BCUT2D eigenvalue weighted by Crippen LogP contribution is 2.26. The number of carbonyl (C=O) groups is 1. The van der Waals surface area contributed by atoms with Gasteiger partial charge in [-0.1, -0.05) is 29.3 Å². The summed E-state index contributed by atoms with van der Waals surface area (Å²) in [6.45, 7) is 2.01. The van der Waals surface area contributed by atoms with Crippen molar-refractivity contribution in [3.05, 3.63) is 51.7 Å². The number of aromatic nitrogens is 1. The Balaban J connectivity index is 2.18. The minimum Gasteiger partial charge on any atom is -0.461 e. The molecular weight excluding hydrogens is 289 g/mol. The first kappa shape index (κ1) is 13.9. The lowest BCUT2D eigenvalue weighted by atomic mass is 10.1. The molecule has 0 radical (unpaired) electrons. The van der Waals surface area contributed by atoms with Crippen molar-refractivity contribution in [3.63, 3.8) is 0 Å². The normalized spacial score (nSPS) is 10.5. The van der Waals surface area contributed by atoms with Gasteiger partial charge in [-0.05, 0) is 24.6 Å². The third-order valence-corrected chi connectivity index (χ3v) is 3.13. The zero-order valence-electron chi connectivity index (χ0n) is 10.2. The van der Waals surface area contributed by atoms with E-state index in [1.807, 2.05) is 0 Å². The van der Waals surface area contributed by atoms with Crippen LogP contribution in [0.4, 0.5) is 0 Å². The van der Waals surface area contributed by atoms with Gasteiger partial charge < -0.3 is 9.15 Å². The molecule has 0 amide bonds. The van der Waals surface area contributed by atoms with E-state index in [1.54, 1.807) is 25.1 Å². The maximum Gasteiger partial charge on any atom is 0.360 e. The van der Waals surface area contributed by atoms with Crippen molar-refractivity contribution in [2.45, 2.75) is 13.3 Å². The smallest absolute Gasteiger partial charge is 0.360 e. The van der Waals surface area contributed by atoms with Crippen LogP contribution in [-0.4, -0.2) is 17.6 Å². The first-order valence-electron chi connectivity index (χ1n) is 5.66. The van der Waals surface area contributed by atoms with Gasteiger partial charge in [0.05, 0.1) is 13.0 Å². The van der Waals surface area contributed by atoms with Crippen LogP contribution >= 0.6 is 23.2 Å². The summed E-state index contributed by atoms with van der Waals surface area (Å²) < 4.78 is 10.0. The maximum absolute atomic E-state index is 11.4. The standard InChI is InChI=1S/C13H11Cl2NO3/c1-2-18-13(17)11-7-19-12(16-11)6-8-9(14)4-3-5-10(8)15/h3-5,7H,2,6H2,1H3. The lowest BCUT2D eigenvalue weighted by molar-refractivity contribution is 0.0519. The zero-order valence-corrected chi connectivity index (χ0v) is 11.7. The molecule has 1 aromatic heterocycles. The van der Waals surface area contributed by atoms with E-state index in [0.29, 0.717) is 27.9 Å². The van der Waals surface area contributed by atoms with Gasteiger partial charge in [-0.3, -0.25) is 0 Å². The lowest BCUT2D eigenvalue weighted by Gasteiger charge is -2.03. The van der Waals surface area contributed by atoms with Crippen LogP contribution in [0.15, 0.2) is 28.9 Å². The fraction of sp³-hybridized carbons (Fsp3) is 0.231. The molecular formula is C13H11Cl2NO3. The number of halogens is 2. The second-order valence-corrected chi connectivity index (χ2v) is 4.54. The van der Waals surface area contributed by atoms with E-state index in [-0.39, 0.29) is 12.3 Å². The Labute approximate surface area is 120 Å². The summed E-state index contributed by atoms with van der Waals surface area (Å²) in [5, 5.41) is 1.06. The minimum absolute atomic E-state index is 0.139. The van der Waals surface area contributed by atoms with Crippen LogP contribution in [0, 0.1) is 0 Å². The van der Waals surface area contributed by atoms with Crippen LogP contribution in [0.2, 0.25) is 10.0 Å². The van der Waals surface area contributed by atoms with Gasteiger partial charge in [-0.2, -0.15) is 0 Å². The predicted octanol–water partition coefficient (Wildman–Crippen LogP) is 3.75. The van der Waals surface area contributed by atoms with Crippen molar-refractivity contribution in [2.75, 3.05) is 6.61 Å². The third kappa shape index (κ3) is 3.28. The number of hydrogen-bond acceptors (Lipinski definition) is 4. The molecule has 6 heteroatoms. The minimum atomic E-state index is -0.511. The number of nitrogens with zero attached hydrogens (tertiary/aromatic N) is 1. The average Bonchev–Trinajstić information content (AvgIpc) is 2.83. The number of hydrogen-bond donors (Lipinski definition) is 0. The van der Waals surface area contributed by atoms with Gasteiger partial charge in [0.15, 0.2) is 11.6 Å². The number of oxazole rings is 1. The number of ether oxygens (including phenoxy) is 1. The van der Waals surface area contributed by atoms with Crippen LogP contribution < -0.4 is 0 Å². The van der Waals surface area contributed by atoms with Crippen LogP contribution in [0.3, 0.4) is 0 Å². The third-order valence-electron chi connectivity index (χ3n) is 2.43. The topological polar surface area (TPSA) is 52.3 Å². The van der Waals surface area contributed by atoms with Gasteiger partial charge in [0.25, 0.3) is 0 Å². The molecule has 0 aliphatic heterocycles. The van der Waals surface area contributed by atoms with Gasteiger partial charge in [0.1, 0.15) is 6.26 Å². The van der Waals surface area contributed by atoms with Crippen molar-refractivity contribution in [1.29, 1.82) is 0 Å². The molecule has 0 saturated carbocycles. The molecule has 0 bridgehead atoms. The van der Waals surface area contributed by atoms with E-state index in [1.165, 1.54) is 6.26 Å². The molecule has 0 fully saturated rings. The Hall–Kier alpha value is -1.52. The Morgan fingerprint density at radius 2 is 2.05 bits per heavy atom. The molecule has 0 atom stereocenters. The Bertz CT molecular complexity index is 575. The average molecular weight is 300 g/mol. The molecule has 4 nitrogen and oxygen atoms in total. The molecule has 0 aliphatic rings. The van der Waals surface area contributed by atoms with Crippen molar-refractivity contribution < 1.29 is 13.9 Å². The molecule has 1 aromatic carbocycles. The highest BCUT2D eigenvalue weighted by Gasteiger charge is 2.15. The number of rotatable bonds is 4. The second kappa shape index (κ2) is 6.08. The first-order valence-corrected chi connectivity index (χ1v) is 6.41. The fourth-order valence-electron chi connectivity index (χ4n) is 1.54. The molecule has 1 heterocycles. The van der Waals surface area contributed by atoms with Gasteiger partial charge in [-0.25, -0.2) is 9.78 Å². The maximum atomic E-state index is 11.4. The summed E-state index contributed by atoms with van der Waals surface area (Å²) in [6.07, 6.45) is 1.58. The molecule has 0 unspecified atom stereocenters. The quantitative estimate of drug-likeness (QED) is 0.807. The monoisotopic (exact) mass is 299 g/mol. The Morgan fingerprint density at radius 3 is 2.68 bits per heavy atom. The Kier molecular flexibility index (Phi) is 4.45. The zero-order chi connectivity index (χ0) is 13.8. The number of carbonyl (C=O) groups excluding carboxylic acids is 1. The first-order chi connectivity index (χ1) is 9.11. The summed E-state index contributed by atoms with van der Waals surface area (Å²) in [5.41, 5.74) is 0.850. The fourth-order valence-corrected chi connectivity index (χ4v) is 2.07. The molecule has 2 aromatic rings. The van der Waals surface area contributed by atoms with E-state index < -0.39 is 5.97 Å². The predicted molar refractivity (Wildman–Crippen MR) is 71.7 cm³/mol. The molecule has 2 rings (SSSR count). The van der Waals surface area contributed by atoms with Gasteiger partial charge in [-0.15, -0.1) is 0 Å². The molecule has 100 valence electrons. The van der Waals surface area contributed by atoms with E-state index in [4.69, 9.17) is 32.4 Å². The van der Waals surface area contributed by atoms with Crippen LogP contribution in [0.5, 0.6) is 0 Å². The summed E-state index contributed by atoms with van der Waals surface area (Å²) in [7, 11) is 0. The van der Waals surface area contributed by atoms with Crippen LogP contribution in [0.1, 0.15) is 28.9 Å². The van der Waals surface area contributed by atoms with Crippen molar-refractivity contribution in [2.24, 2.45) is 0 Å². The number of benzene rings is 1. The SMILES string of the molecule is CCOC(=O)c1coc(Cc2c(Cl)cccc2Cl)n1. The Morgan fingerprint density at radius 1 is 1.37 bits per heavy atom. The molecule has 0 saturated heterocycles. The highest BCUT2D eigenvalue weighted by molar-refractivity contribution is 6.36. The van der Waals surface area contributed by atoms with Gasteiger partial charge in [0.2, 0.25) is 0 Å². The van der Waals surface area contributed by atoms with Crippen LogP contribution in [0.25, 0.3) is 0 Å². The van der Waals surface area contributed by atoms with E-state index >= 15 is 0 Å². The van der Waals surface area contributed by atoms with Crippen LogP contribution in [-0.2, 0) is 11.2 Å². The highest BCUT2D eigenvalue weighted by atomic mass is 35.5. The van der Waals surface area contributed by atoms with Crippen molar-refractivity contribution in [3.8, 4) is 0 Å². The molecule has 0 spiro atoms. The second-order valence-electron chi connectivity index (χ2n) is 3.72. The van der Waals surface area contributed by atoms with Gasteiger partial charge in [0, 0.05) is 10.0 Å². The summed E-state index contributed by atoms with van der Waals surface area (Å²) >= 11 is 12.1. The van der Waals surface area contributed by atoms with Gasteiger partial charge >= 0.3 is 5.97 Å². The summed E-state index contributed by atoms with van der Waals surface area (Å²) in [4.78, 5) is 15.5. The number of esters is 1. The largest absolute Gasteiger partial charge is 0.461 e. The molecule has 0 N–H and O–H groups in total. The van der Waals surface area contributed by atoms with E-state index in [2.05, 4.69) is 4.98 Å². The van der Waals surface area contributed by atoms with E-state index in [0.717, 1.165) is 0 Å². The lowest BCUT2D eigenvalue weighted by Crippen LogP contribution is -2.05.